The summed E-state index contributed by atoms with van der Waals surface area (Å²) in [4.78, 5) is 0. The molecule has 8 aromatic carbocycles. The van der Waals surface area contributed by atoms with Crippen molar-refractivity contribution in [3.63, 3.8) is 0 Å². The lowest BCUT2D eigenvalue weighted by Gasteiger charge is -2.31. The first-order chi connectivity index (χ1) is 62.5. The van der Waals surface area contributed by atoms with Crippen LogP contribution in [0.1, 0.15) is 397 Å². The van der Waals surface area contributed by atoms with E-state index in [4.69, 9.17) is 75.8 Å². The van der Waals surface area contributed by atoms with Gasteiger partial charge in [0.05, 0.1) is 114 Å². The Kier molecular flexibility index (Phi) is 41.9. The van der Waals surface area contributed by atoms with Crippen molar-refractivity contribution in [2.75, 3.05) is 114 Å². The first kappa shape index (κ1) is 102. The summed E-state index contributed by atoms with van der Waals surface area (Å²) in [5, 5.41) is 0. The predicted octanol–water partition coefficient (Wildman–Crippen LogP) is 29.8. The molecule has 0 saturated heterocycles. The Morgan fingerprint density at radius 3 is 0.266 bits per heavy atom. The summed E-state index contributed by atoms with van der Waals surface area (Å²) in [6.45, 7) is 18.1. The zero-order chi connectivity index (χ0) is 92.3. The standard InChI is InChI=1S/2C56H80O8/c2*1-13-17-21-25-37-41-29-43(51(59-7)33-49(41)57-5)38(26-22-18-14-2)45-31-47(55(63-11)35-53(45)61-9)40(28-24-20-16-4)48-32-46(54(62-10)36-56(48)64-12)39(27-23-19-15-3)44-30-42(37)50(58-6)34-52(44)60-8/h2*29-40H,13-28H2,1-12H3. The molecule has 0 atom stereocenters. The second kappa shape index (κ2) is 52.4. The predicted molar refractivity (Wildman–Crippen MR) is 524 cm³/mol. The van der Waals surface area contributed by atoms with E-state index in [1.54, 1.807) is 114 Å². The van der Waals surface area contributed by atoms with Crippen LogP contribution in [0.15, 0.2) is 97.1 Å². The fourth-order valence-corrected chi connectivity index (χ4v) is 20.6. The maximum absolute atomic E-state index is 6.37. The minimum Gasteiger partial charge on any atom is -0.496 e. The molecule has 0 heterocycles. The molecule has 0 radical (unpaired) electrons. The molecule has 0 N–H and O–H groups in total. The Bertz CT molecular complexity index is 3630. The van der Waals surface area contributed by atoms with E-state index in [0.29, 0.717) is 0 Å². The van der Waals surface area contributed by atoms with Crippen LogP contribution in [0.2, 0.25) is 0 Å². The number of hydrogen-bond acceptors (Lipinski definition) is 16. The zero-order valence-electron chi connectivity index (χ0n) is 83.0. The van der Waals surface area contributed by atoms with Crippen molar-refractivity contribution < 1.29 is 75.8 Å². The van der Waals surface area contributed by atoms with E-state index in [2.05, 4.69) is 152 Å². The third kappa shape index (κ3) is 24.0. The van der Waals surface area contributed by atoms with Gasteiger partial charge in [0.25, 0.3) is 0 Å². The minimum atomic E-state index is -0.0594. The highest BCUT2D eigenvalue weighted by Gasteiger charge is 2.39. The van der Waals surface area contributed by atoms with Crippen LogP contribution in [0, 0.1) is 0 Å². The Hall–Kier alpha value is -9.44. The van der Waals surface area contributed by atoms with Crippen molar-refractivity contribution in [1.82, 2.24) is 0 Å². The van der Waals surface area contributed by atoms with Crippen LogP contribution in [0.5, 0.6) is 92.0 Å². The minimum absolute atomic E-state index is 0.0594. The molecule has 0 amide bonds. The van der Waals surface area contributed by atoms with Gasteiger partial charge in [0, 0.05) is 185 Å². The first-order valence-corrected chi connectivity index (χ1v) is 48.6. The van der Waals surface area contributed by atoms with Gasteiger partial charge in [-0.25, -0.2) is 0 Å². The molecule has 16 nitrogen and oxygen atoms in total. The lowest BCUT2D eigenvalue weighted by atomic mass is 9.76. The molecule has 16 heteroatoms. The van der Waals surface area contributed by atoms with Gasteiger partial charge in [-0.05, 0) is 99.9 Å². The van der Waals surface area contributed by atoms with Gasteiger partial charge in [0.1, 0.15) is 92.0 Å². The van der Waals surface area contributed by atoms with Crippen molar-refractivity contribution in [3.8, 4) is 92.0 Å². The van der Waals surface area contributed by atoms with E-state index in [1.165, 1.54) is 0 Å². The van der Waals surface area contributed by atoms with Crippen molar-refractivity contribution in [3.05, 3.63) is 186 Å². The average molecular weight is 1760 g/mol. The van der Waals surface area contributed by atoms with E-state index in [9.17, 15) is 0 Å². The molecule has 2 aliphatic rings. The topological polar surface area (TPSA) is 148 Å². The quantitative estimate of drug-likeness (QED) is 0.0333. The van der Waals surface area contributed by atoms with Crippen LogP contribution < -0.4 is 75.8 Å². The monoisotopic (exact) mass is 1760 g/mol. The Labute approximate surface area is 771 Å². The van der Waals surface area contributed by atoms with Crippen LogP contribution >= 0.6 is 0 Å². The molecule has 2 aliphatic carbocycles. The molecule has 10 rings (SSSR count). The molecule has 128 heavy (non-hydrogen) atoms. The highest BCUT2D eigenvalue weighted by atomic mass is 16.5. The van der Waals surface area contributed by atoms with Crippen molar-refractivity contribution >= 4 is 0 Å². The third-order valence-corrected chi connectivity index (χ3v) is 27.4. The summed E-state index contributed by atoms with van der Waals surface area (Å²) >= 11 is 0. The van der Waals surface area contributed by atoms with Crippen LogP contribution in [-0.2, 0) is 0 Å². The van der Waals surface area contributed by atoms with Gasteiger partial charge >= 0.3 is 0 Å². The Balaban J connectivity index is 0.000000289. The summed E-state index contributed by atoms with van der Waals surface area (Å²) in [5.74, 6) is 12.3. The van der Waals surface area contributed by atoms with E-state index in [1.807, 2.05) is 0 Å². The number of unbranched alkanes of at least 4 members (excludes halogenated alkanes) is 16. The number of rotatable bonds is 48. The molecule has 16 bridgehead atoms. The SMILES string of the molecule is CCCCCC1c2cc(c(OC)cc2OC)C(CCCCC)c2cc(c(OC)cc2OC)C(CCCCC)c2cc(c(OC)cc2OC)C(CCCCC)c2cc1c(OC)cc2OC.CCCCCC1c2cc(c(OC)cc2OC)C(CCCCC)c2cc(c(OC)cc2OC)C(CCCCC)c2cc(c(OC)cc2OC)C(CCCCC)c2cc1c(OC)cc2OC. The van der Waals surface area contributed by atoms with Gasteiger partial charge < -0.3 is 75.8 Å². The summed E-state index contributed by atoms with van der Waals surface area (Å²) in [7, 11) is 28.4. The van der Waals surface area contributed by atoms with Crippen LogP contribution in [-0.4, -0.2) is 114 Å². The highest BCUT2D eigenvalue weighted by molar-refractivity contribution is 5.67. The Morgan fingerprint density at radius 2 is 0.203 bits per heavy atom. The van der Waals surface area contributed by atoms with Crippen LogP contribution in [0.4, 0.5) is 0 Å². The number of ether oxygens (including phenoxy) is 16. The van der Waals surface area contributed by atoms with Gasteiger partial charge in [0.2, 0.25) is 0 Å². The summed E-state index contributed by atoms with van der Waals surface area (Å²) in [5.41, 5.74) is 17.9. The third-order valence-electron chi connectivity index (χ3n) is 27.4. The van der Waals surface area contributed by atoms with Crippen LogP contribution in [0.25, 0.3) is 0 Å². The van der Waals surface area contributed by atoms with Gasteiger partial charge in [-0.3, -0.25) is 0 Å². The fourth-order valence-electron chi connectivity index (χ4n) is 20.6. The fraction of sp³-hybridized carbons (Fsp3) is 0.571. The lowest BCUT2D eigenvalue weighted by molar-refractivity contribution is 0.371. The molecule has 0 aliphatic heterocycles. The Morgan fingerprint density at radius 1 is 0.125 bits per heavy atom. The smallest absolute Gasteiger partial charge is 0.126 e. The molecule has 704 valence electrons. The summed E-state index contributed by atoms with van der Waals surface area (Å²) in [6, 6.07) is 36.0. The zero-order valence-corrected chi connectivity index (χ0v) is 83.0. The van der Waals surface area contributed by atoms with E-state index in [-0.39, 0.29) is 47.3 Å². The molecule has 0 spiro atoms. The molecule has 0 aromatic heterocycles. The van der Waals surface area contributed by atoms with Crippen molar-refractivity contribution in [2.45, 2.75) is 308 Å². The van der Waals surface area contributed by atoms with Gasteiger partial charge in [-0.2, -0.15) is 0 Å². The van der Waals surface area contributed by atoms with Crippen molar-refractivity contribution in [1.29, 1.82) is 0 Å². The number of fused-ring (bicyclic) bond motifs is 16. The van der Waals surface area contributed by atoms with E-state index in [0.717, 1.165) is 386 Å². The second-order valence-corrected chi connectivity index (χ2v) is 35.1. The summed E-state index contributed by atoms with van der Waals surface area (Å²) in [6.07, 6.45) is 33.4. The molecule has 0 fully saturated rings. The van der Waals surface area contributed by atoms with E-state index < -0.39 is 0 Å². The van der Waals surface area contributed by atoms with Gasteiger partial charge in [0.15, 0.2) is 0 Å². The number of hydrogen-bond donors (Lipinski definition) is 0. The average Bonchev–Trinajstić information content (AvgIpc) is 0.748. The van der Waals surface area contributed by atoms with E-state index >= 15 is 0 Å². The van der Waals surface area contributed by atoms with Crippen LogP contribution in [0.3, 0.4) is 0 Å². The van der Waals surface area contributed by atoms with Gasteiger partial charge in [-0.1, -0.05) is 209 Å². The molecular weight excluding hydrogens is 1600 g/mol. The largest absolute Gasteiger partial charge is 0.496 e. The summed E-state index contributed by atoms with van der Waals surface area (Å²) < 4.78 is 102. The maximum atomic E-state index is 6.37. The second-order valence-electron chi connectivity index (χ2n) is 35.1. The number of methoxy groups -OCH3 is 16. The molecule has 0 unspecified atom stereocenters. The lowest BCUT2D eigenvalue weighted by Crippen LogP contribution is -2.15. The van der Waals surface area contributed by atoms with Crippen molar-refractivity contribution in [2.24, 2.45) is 0 Å². The molecule has 0 saturated carbocycles. The normalized spacial score (nSPS) is 16.8. The molecule has 8 aromatic rings. The number of benzene rings is 8. The van der Waals surface area contributed by atoms with Gasteiger partial charge in [-0.15, -0.1) is 0 Å². The maximum Gasteiger partial charge on any atom is 0.126 e. The highest BCUT2D eigenvalue weighted by Crippen LogP contribution is 2.58. The first-order valence-electron chi connectivity index (χ1n) is 48.6. The molecular formula is C112H160O16.